The Hall–Kier alpha value is -1.86. The Bertz CT molecular complexity index is 569. The first kappa shape index (κ1) is 11.6. The first-order chi connectivity index (χ1) is 8.19. The van der Waals surface area contributed by atoms with Gasteiger partial charge in [0.25, 0.3) is 0 Å². The maximum Gasteiger partial charge on any atom is 0.140 e. The van der Waals surface area contributed by atoms with Crippen molar-refractivity contribution in [3.8, 4) is 11.8 Å². The fraction of sp³-hybridized carbons (Fsp3) is 0.231. The van der Waals surface area contributed by atoms with E-state index in [9.17, 15) is 0 Å². The SMILES string of the molecule is Cc1ccc(OCc2ncc(C#N)s2)cc1C. The molecule has 0 amide bonds. The lowest BCUT2D eigenvalue weighted by Gasteiger charge is -2.06. The van der Waals surface area contributed by atoms with E-state index in [1.54, 1.807) is 6.20 Å². The molecule has 2 aromatic rings. The van der Waals surface area contributed by atoms with Gasteiger partial charge in [-0.25, -0.2) is 4.98 Å². The molecule has 0 aliphatic rings. The van der Waals surface area contributed by atoms with E-state index in [-0.39, 0.29) is 0 Å². The van der Waals surface area contributed by atoms with Crippen LogP contribution in [0.15, 0.2) is 24.4 Å². The second-order valence-electron chi connectivity index (χ2n) is 3.76. The fourth-order valence-corrected chi connectivity index (χ4v) is 2.01. The molecule has 0 unspecified atom stereocenters. The molecule has 0 bridgehead atoms. The van der Waals surface area contributed by atoms with Crippen LogP contribution in [0.3, 0.4) is 0 Å². The van der Waals surface area contributed by atoms with Crippen LogP contribution in [0.25, 0.3) is 0 Å². The second-order valence-corrected chi connectivity index (χ2v) is 4.88. The maximum atomic E-state index is 8.68. The molecule has 86 valence electrons. The molecule has 0 N–H and O–H groups in total. The Balaban J connectivity index is 2.02. The Labute approximate surface area is 104 Å². The number of hydrogen-bond donors (Lipinski definition) is 0. The highest BCUT2D eigenvalue weighted by Gasteiger charge is 2.03. The predicted molar refractivity (Wildman–Crippen MR) is 67.1 cm³/mol. The molecule has 0 aliphatic carbocycles. The van der Waals surface area contributed by atoms with Crippen molar-refractivity contribution in [3.05, 3.63) is 45.4 Å². The first-order valence-electron chi connectivity index (χ1n) is 5.24. The van der Waals surface area contributed by atoms with E-state index in [2.05, 4.69) is 24.9 Å². The molecule has 0 saturated carbocycles. The van der Waals surface area contributed by atoms with Crippen molar-refractivity contribution in [3.63, 3.8) is 0 Å². The summed E-state index contributed by atoms with van der Waals surface area (Å²) in [6.45, 7) is 4.54. The summed E-state index contributed by atoms with van der Waals surface area (Å²) in [5.74, 6) is 0.835. The van der Waals surface area contributed by atoms with E-state index >= 15 is 0 Å². The number of nitrogens with zero attached hydrogens (tertiary/aromatic N) is 2. The van der Waals surface area contributed by atoms with E-state index in [1.165, 1.54) is 22.5 Å². The van der Waals surface area contributed by atoms with Gasteiger partial charge in [0.2, 0.25) is 0 Å². The molecule has 1 aromatic heterocycles. The summed E-state index contributed by atoms with van der Waals surface area (Å²) in [6.07, 6.45) is 1.57. The summed E-state index contributed by atoms with van der Waals surface area (Å²) in [5.41, 5.74) is 2.46. The molecule has 0 spiro atoms. The van der Waals surface area contributed by atoms with Gasteiger partial charge in [0.05, 0.1) is 6.20 Å². The minimum atomic E-state index is 0.412. The average Bonchev–Trinajstić information content (AvgIpc) is 2.79. The Kier molecular flexibility index (Phi) is 3.40. The summed E-state index contributed by atoms with van der Waals surface area (Å²) in [6, 6.07) is 8.05. The fourth-order valence-electron chi connectivity index (χ4n) is 1.38. The number of rotatable bonds is 3. The summed E-state index contributed by atoms with van der Waals surface area (Å²) in [7, 11) is 0. The monoisotopic (exact) mass is 244 g/mol. The second kappa shape index (κ2) is 4.98. The zero-order valence-corrected chi connectivity index (χ0v) is 10.5. The third kappa shape index (κ3) is 2.83. The van der Waals surface area contributed by atoms with Gasteiger partial charge < -0.3 is 4.74 Å². The van der Waals surface area contributed by atoms with Crippen LogP contribution in [0.5, 0.6) is 5.75 Å². The van der Waals surface area contributed by atoms with Crippen molar-refractivity contribution in [1.82, 2.24) is 4.98 Å². The van der Waals surface area contributed by atoms with Crippen LogP contribution >= 0.6 is 11.3 Å². The normalized spacial score (nSPS) is 9.94. The Morgan fingerprint density at radius 3 is 2.82 bits per heavy atom. The van der Waals surface area contributed by atoms with Crippen molar-refractivity contribution in [2.24, 2.45) is 0 Å². The minimum absolute atomic E-state index is 0.412. The predicted octanol–water partition coefficient (Wildman–Crippen LogP) is 3.21. The zero-order chi connectivity index (χ0) is 12.3. The molecule has 3 nitrogen and oxygen atoms in total. The van der Waals surface area contributed by atoms with Gasteiger partial charge in [-0.2, -0.15) is 5.26 Å². The third-order valence-electron chi connectivity index (χ3n) is 2.50. The molecular weight excluding hydrogens is 232 g/mol. The molecule has 1 heterocycles. The summed E-state index contributed by atoms with van der Waals surface area (Å²) >= 11 is 1.36. The largest absolute Gasteiger partial charge is 0.486 e. The average molecular weight is 244 g/mol. The number of thiazole rings is 1. The van der Waals surface area contributed by atoms with Gasteiger partial charge in [-0.1, -0.05) is 6.07 Å². The van der Waals surface area contributed by atoms with Crippen molar-refractivity contribution in [2.75, 3.05) is 0 Å². The molecule has 0 saturated heterocycles. The number of ether oxygens (including phenoxy) is 1. The van der Waals surface area contributed by atoms with Gasteiger partial charge >= 0.3 is 0 Å². The van der Waals surface area contributed by atoms with Crippen LogP contribution in [0, 0.1) is 25.2 Å². The van der Waals surface area contributed by atoms with Gasteiger partial charge in [-0.15, -0.1) is 11.3 Å². The molecule has 2 rings (SSSR count). The van der Waals surface area contributed by atoms with E-state index in [0.717, 1.165) is 10.8 Å². The van der Waals surface area contributed by atoms with E-state index < -0.39 is 0 Å². The van der Waals surface area contributed by atoms with Gasteiger partial charge in [0.1, 0.15) is 28.3 Å². The smallest absolute Gasteiger partial charge is 0.140 e. The van der Waals surface area contributed by atoms with Crippen LogP contribution in [0.1, 0.15) is 21.0 Å². The molecule has 17 heavy (non-hydrogen) atoms. The number of aryl methyl sites for hydroxylation is 2. The standard InChI is InChI=1S/C13H12N2OS/c1-9-3-4-11(5-10(9)2)16-8-13-15-7-12(6-14)17-13/h3-5,7H,8H2,1-2H3. The van der Waals surface area contributed by atoms with E-state index in [0.29, 0.717) is 11.5 Å². The lowest BCUT2D eigenvalue weighted by molar-refractivity contribution is 0.305. The summed E-state index contributed by atoms with van der Waals surface area (Å²) < 4.78 is 5.62. The van der Waals surface area contributed by atoms with Crippen molar-refractivity contribution in [2.45, 2.75) is 20.5 Å². The summed E-state index contributed by atoms with van der Waals surface area (Å²) in [4.78, 5) is 4.73. The van der Waals surface area contributed by atoms with Gasteiger partial charge in [0.15, 0.2) is 0 Å². The van der Waals surface area contributed by atoms with Crippen LogP contribution in [0.4, 0.5) is 0 Å². The van der Waals surface area contributed by atoms with Crippen molar-refractivity contribution < 1.29 is 4.74 Å². The molecule has 0 fully saturated rings. The van der Waals surface area contributed by atoms with Crippen molar-refractivity contribution in [1.29, 1.82) is 5.26 Å². The Morgan fingerprint density at radius 2 is 2.18 bits per heavy atom. The number of nitriles is 1. The van der Waals surface area contributed by atoms with Crippen molar-refractivity contribution >= 4 is 11.3 Å². The topological polar surface area (TPSA) is 45.9 Å². The van der Waals surface area contributed by atoms with E-state index in [1.807, 2.05) is 18.2 Å². The minimum Gasteiger partial charge on any atom is -0.486 e. The molecule has 0 atom stereocenters. The van der Waals surface area contributed by atoms with Crippen LogP contribution in [0.2, 0.25) is 0 Å². The highest BCUT2D eigenvalue weighted by molar-refractivity contribution is 7.12. The van der Waals surface area contributed by atoms with Gasteiger partial charge in [-0.3, -0.25) is 0 Å². The van der Waals surface area contributed by atoms with Crippen LogP contribution < -0.4 is 4.74 Å². The first-order valence-corrected chi connectivity index (χ1v) is 6.05. The zero-order valence-electron chi connectivity index (χ0n) is 9.73. The molecule has 0 radical (unpaired) electrons. The molecule has 4 heteroatoms. The van der Waals surface area contributed by atoms with Gasteiger partial charge in [-0.05, 0) is 37.1 Å². The molecular formula is C13H12N2OS. The highest BCUT2D eigenvalue weighted by Crippen LogP contribution is 2.19. The lowest BCUT2D eigenvalue weighted by atomic mass is 10.1. The third-order valence-corrected chi connectivity index (χ3v) is 3.38. The maximum absolute atomic E-state index is 8.68. The van der Waals surface area contributed by atoms with Gasteiger partial charge in [0, 0.05) is 0 Å². The quantitative estimate of drug-likeness (QED) is 0.832. The molecule has 0 aliphatic heterocycles. The van der Waals surface area contributed by atoms with Crippen LogP contribution in [-0.4, -0.2) is 4.98 Å². The Morgan fingerprint density at radius 1 is 1.35 bits per heavy atom. The lowest BCUT2D eigenvalue weighted by Crippen LogP contribution is -1.95. The van der Waals surface area contributed by atoms with Crippen LogP contribution in [-0.2, 0) is 6.61 Å². The highest BCUT2D eigenvalue weighted by atomic mass is 32.1. The number of aromatic nitrogens is 1. The number of hydrogen-bond acceptors (Lipinski definition) is 4. The molecule has 1 aromatic carbocycles. The summed E-state index contributed by atoms with van der Waals surface area (Å²) in [5, 5.41) is 9.50. The number of benzene rings is 1. The van der Waals surface area contributed by atoms with E-state index in [4.69, 9.17) is 10.00 Å².